The fourth-order valence-corrected chi connectivity index (χ4v) is 3.76. The second kappa shape index (κ2) is 7.01. The van der Waals surface area contributed by atoms with Crippen LogP contribution in [0.5, 0.6) is 0 Å². The lowest BCUT2D eigenvalue weighted by atomic mass is 10.1. The molecule has 0 bridgehead atoms. The molecule has 116 valence electrons. The van der Waals surface area contributed by atoms with E-state index in [-0.39, 0.29) is 24.4 Å². The van der Waals surface area contributed by atoms with Crippen LogP contribution in [0.4, 0.5) is 0 Å². The van der Waals surface area contributed by atoms with E-state index in [2.05, 4.69) is 5.32 Å². The van der Waals surface area contributed by atoms with Crippen molar-refractivity contribution >= 4 is 29.3 Å². The zero-order valence-electron chi connectivity index (χ0n) is 12.5. The Hall–Kier alpha value is -1.75. The third-order valence-electron chi connectivity index (χ3n) is 4.09. The summed E-state index contributed by atoms with van der Waals surface area (Å²) in [6.07, 6.45) is 4.46. The first-order valence-corrected chi connectivity index (χ1v) is 8.76. The van der Waals surface area contributed by atoms with E-state index in [4.69, 9.17) is 0 Å². The van der Waals surface area contributed by atoms with E-state index in [0.29, 0.717) is 5.75 Å². The zero-order chi connectivity index (χ0) is 15.4. The van der Waals surface area contributed by atoms with Crippen molar-refractivity contribution in [1.29, 1.82) is 0 Å². The average Bonchev–Trinajstić information content (AvgIpc) is 3.03. The molecule has 1 aliphatic carbocycles. The summed E-state index contributed by atoms with van der Waals surface area (Å²) >= 11 is 1.48. The number of thioether (sulfide) groups is 1. The van der Waals surface area contributed by atoms with E-state index >= 15 is 0 Å². The average molecular weight is 316 g/mol. The van der Waals surface area contributed by atoms with Crippen molar-refractivity contribution in [3.8, 4) is 0 Å². The molecule has 2 amide bonds. The number of amides is 2. The minimum absolute atomic E-state index is 0.00655. The molecule has 0 saturated heterocycles. The van der Waals surface area contributed by atoms with Crippen molar-refractivity contribution in [3.63, 3.8) is 0 Å². The maximum absolute atomic E-state index is 12.3. The quantitative estimate of drug-likeness (QED) is 0.929. The second-order valence-corrected chi connectivity index (χ2v) is 6.57. The Bertz CT molecular complexity index is 580. The van der Waals surface area contributed by atoms with Gasteiger partial charge in [0.15, 0.2) is 0 Å². The minimum Gasteiger partial charge on any atom is -0.352 e. The summed E-state index contributed by atoms with van der Waals surface area (Å²) in [6, 6.07) is 10.0. The van der Waals surface area contributed by atoms with Crippen LogP contribution in [0.25, 0.3) is 5.70 Å². The molecule has 0 unspecified atom stereocenters. The molecular weight excluding hydrogens is 296 g/mol. The van der Waals surface area contributed by atoms with Gasteiger partial charge >= 0.3 is 0 Å². The fraction of sp³-hybridized carbons (Fsp3) is 0.412. The lowest BCUT2D eigenvalue weighted by Crippen LogP contribution is -2.44. The zero-order valence-corrected chi connectivity index (χ0v) is 13.3. The SMILES string of the molecule is O=C(CN1C(=O)CSC=C1c1ccccc1)NC1CCCC1. The van der Waals surface area contributed by atoms with Crippen LogP contribution in [0.3, 0.4) is 0 Å². The molecule has 1 N–H and O–H groups in total. The van der Waals surface area contributed by atoms with Crippen LogP contribution in [-0.2, 0) is 9.59 Å². The van der Waals surface area contributed by atoms with Gasteiger partial charge in [-0.2, -0.15) is 0 Å². The first-order valence-electron chi connectivity index (χ1n) is 7.71. The maximum Gasteiger partial charge on any atom is 0.240 e. The summed E-state index contributed by atoms with van der Waals surface area (Å²) in [6.45, 7) is 0.108. The van der Waals surface area contributed by atoms with Gasteiger partial charge in [-0.05, 0) is 23.8 Å². The number of nitrogens with zero attached hydrogens (tertiary/aromatic N) is 1. The highest BCUT2D eigenvalue weighted by Crippen LogP contribution is 2.28. The standard InChI is InChI=1S/C17H20N2O2S/c20-16(18-14-8-4-5-9-14)10-19-15(11-22-12-17(19)21)13-6-2-1-3-7-13/h1-3,6-7,11,14H,4-5,8-10,12H2,(H,18,20). The monoisotopic (exact) mass is 316 g/mol. The predicted octanol–water partition coefficient (Wildman–Crippen LogP) is 2.62. The van der Waals surface area contributed by atoms with Crippen LogP contribution in [0, 0.1) is 0 Å². The van der Waals surface area contributed by atoms with E-state index in [1.807, 2.05) is 35.7 Å². The van der Waals surface area contributed by atoms with E-state index in [1.54, 1.807) is 4.90 Å². The molecule has 2 aliphatic rings. The third-order valence-corrected chi connectivity index (χ3v) is 4.89. The van der Waals surface area contributed by atoms with Crippen molar-refractivity contribution < 1.29 is 9.59 Å². The van der Waals surface area contributed by atoms with Crippen LogP contribution in [0.2, 0.25) is 0 Å². The van der Waals surface area contributed by atoms with Gasteiger partial charge < -0.3 is 10.2 Å². The summed E-state index contributed by atoms with van der Waals surface area (Å²) in [5.41, 5.74) is 1.79. The smallest absolute Gasteiger partial charge is 0.240 e. The van der Waals surface area contributed by atoms with Crippen molar-refractivity contribution in [3.05, 3.63) is 41.3 Å². The third kappa shape index (κ3) is 3.53. The molecule has 1 aliphatic heterocycles. The highest BCUT2D eigenvalue weighted by atomic mass is 32.2. The van der Waals surface area contributed by atoms with Gasteiger partial charge in [-0.1, -0.05) is 43.2 Å². The van der Waals surface area contributed by atoms with Crippen LogP contribution in [-0.4, -0.2) is 35.1 Å². The maximum atomic E-state index is 12.3. The van der Waals surface area contributed by atoms with Gasteiger partial charge in [0.1, 0.15) is 6.54 Å². The van der Waals surface area contributed by atoms with E-state index in [0.717, 1.165) is 24.1 Å². The lowest BCUT2D eigenvalue weighted by molar-refractivity contribution is -0.131. The molecule has 1 aromatic rings. The number of carbonyl (C=O) groups excluding carboxylic acids is 2. The van der Waals surface area contributed by atoms with E-state index < -0.39 is 0 Å². The Morgan fingerprint density at radius 3 is 2.68 bits per heavy atom. The molecule has 1 heterocycles. The Morgan fingerprint density at radius 1 is 1.23 bits per heavy atom. The number of hydrogen-bond acceptors (Lipinski definition) is 3. The molecule has 0 radical (unpaired) electrons. The predicted molar refractivity (Wildman–Crippen MR) is 89.0 cm³/mol. The summed E-state index contributed by atoms with van der Waals surface area (Å²) in [4.78, 5) is 26.1. The highest BCUT2D eigenvalue weighted by Gasteiger charge is 2.26. The Labute approximate surface area is 135 Å². The minimum atomic E-state index is -0.0611. The number of benzene rings is 1. The topological polar surface area (TPSA) is 49.4 Å². The van der Waals surface area contributed by atoms with Crippen LogP contribution >= 0.6 is 11.8 Å². The Balaban J connectivity index is 1.71. The first-order chi connectivity index (χ1) is 10.7. The molecule has 5 heteroatoms. The van der Waals surface area contributed by atoms with Gasteiger partial charge in [-0.3, -0.25) is 9.59 Å². The van der Waals surface area contributed by atoms with Gasteiger partial charge in [0, 0.05) is 6.04 Å². The van der Waals surface area contributed by atoms with Crippen molar-refractivity contribution in [2.24, 2.45) is 0 Å². The number of hydrogen-bond donors (Lipinski definition) is 1. The van der Waals surface area contributed by atoms with Gasteiger partial charge in [-0.25, -0.2) is 0 Å². The van der Waals surface area contributed by atoms with E-state index in [9.17, 15) is 9.59 Å². The molecule has 22 heavy (non-hydrogen) atoms. The Kier molecular flexibility index (Phi) is 4.83. The summed E-state index contributed by atoms with van der Waals surface area (Å²) in [5.74, 6) is 0.328. The lowest BCUT2D eigenvalue weighted by Gasteiger charge is -2.28. The first kappa shape index (κ1) is 15.2. The molecule has 1 saturated carbocycles. The molecule has 3 rings (SSSR count). The van der Waals surface area contributed by atoms with Gasteiger partial charge in [0.2, 0.25) is 11.8 Å². The van der Waals surface area contributed by atoms with Crippen molar-refractivity contribution in [2.75, 3.05) is 12.3 Å². The van der Waals surface area contributed by atoms with Gasteiger partial charge in [0.25, 0.3) is 0 Å². The van der Waals surface area contributed by atoms with Gasteiger partial charge in [0.05, 0.1) is 11.4 Å². The molecule has 4 nitrogen and oxygen atoms in total. The summed E-state index contributed by atoms with van der Waals surface area (Å²) in [5, 5.41) is 5.02. The van der Waals surface area contributed by atoms with Crippen LogP contribution in [0.1, 0.15) is 31.2 Å². The van der Waals surface area contributed by atoms with Crippen molar-refractivity contribution in [2.45, 2.75) is 31.7 Å². The molecular formula is C17H20N2O2S. The highest BCUT2D eigenvalue weighted by molar-refractivity contribution is 8.03. The normalized spacial score (nSPS) is 19.2. The molecule has 0 atom stereocenters. The number of rotatable bonds is 4. The van der Waals surface area contributed by atoms with E-state index in [1.165, 1.54) is 24.6 Å². The molecule has 0 spiro atoms. The van der Waals surface area contributed by atoms with Gasteiger partial charge in [-0.15, -0.1) is 11.8 Å². The number of nitrogens with one attached hydrogen (secondary N) is 1. The second-order valence-electron chi connectivity index (χ2n) is 5.71. The fourth-order valence-electron chi connectivity index (χ4n) is 2.96. The summed E-state index contributed by atoms with van der Waals surface area (Å²) < 4.78 is 0. The molecule has 0 aromatic heterocycles. The molecule has 1 fully saturated rings. The van der Waals surface area contributed by atoms with Crippen LogP contribution in [0.15, 0.2) is 35.7 Å². The van der Waals surface area contributed by atoms with Crippen LogP contribution < -0.4 is 5.32 Å². The molecule has 1 aromatic carbocycles. The Morgan fingerprint density at radius 2 is 1.95 bits per heavy atom. The summed E-state index contributed by atoms with van der Waals surface area (Å²) in [7, 11) is 0. The largest absolute Gasteiger partial charge is 0.352 e. The number of carbonyl (C=O) groups is 2. The van der Waals surface area contributed by atoms with Crippen molar-refractivity contribution in [1.82, 2.24) is 10.2 Å².